The lowest BCUT2D eigenvalue weighted by molar-refractivity contribution is 0.160. The molecule has 0 saturated carbocycles. The number of hydrogen-bond donors (Lipinski definition) is 1. The first kappa shape index (κ1) is 14.6. The highest BCUT2D eigenvalue weighted by molar-refractivity contribution is 7.71. The van der Waals surface area contributed by atoms with Gasteiger partial charge in [-0.1, -0.05) is 6.42 Å². The summed E-state index contributed by atoms with van der Waals surface area (Å²) in [6.07, 6.45) is 4.01. The van der Waals surface area contributed by atoms with Gasteiger partial charge in [0, 0.05) is 18.7 Å². The predicted octanol–water partition coefficient (Wildman–Crippen LogP) is 3.58. The van der Waals surface area contributed by atoms with Crippen LogP contribution in [0.25, 0.3) is 11.0 Å². The van der Waals surface area contributed by atoms with Gasteiger partial charge in [0.1, 0.15) is 5.75 Å². The second kappa shape index (κ2) is 6.20. The number of benzene rings is 1. The third kappa shape index (κ3) is 2.99. The van der Waals surface area contributed by atoms with Crippen molar-refractivity contribution < 1.29 is 4.74 Å². The summed E-state index contributed by atoms with van der Waals surface area (Å²) in [6.45, 7) is 5.66. The normalized spacial score (nSPS) is 18.0. The summed E-state index contributed by atoms with van der Waals surface area (Å²) in [5.74, 6) is 0.856. The molecule has 5 heteroatoms. The van der Waals surface area contributed by atoms with Crippen molar-refractivity contribution in [3.8, 4) is 5.75 Å². The van der Waals surface area contributed by atoms with Crippen LogP contribution in [0.2, 0.25) is 0 Å². The van der Waals surface area contributed by atoms with Gasteiger partial charge in [0.15, 0.2) is 4.77 Å². The molecule has 1 unspecified atom stereocenters. The lowest BCUT2D eigenvalue weighted by Gasteiger charge is -2.32. The van der Waals surface area contributed by atoms with E-state index >= 15 is 0 Å². The highest BCUT2D eigenvalue weighted by Gasteiger charge is 2.18. The summed E-state index contributed by atoms with van der Waals surface area (Å²) < 4.78 is 8.28. The molecule has 3 rings (SSSR count). The number of methoxy groups -OCH3 is 1. The van der Waals surface area contributed by atoms with Crippen molar-refractivity contribution in [2.75, 3.05) is 20.2 Å². The number of H-pyrrole nitrogens is 1. The van der Waals surface area contributed by atoms with Gasteiger partial charge in [-0.2, -0.15) is 0 Å². The third-order valence-corrected chi connectivity index (χ3v) is 4.76. The number of ether oxygens (including phenoxy) is 1. The number of fused-ring (bicyclic) bond motifs is 1. The number of aromatic nitrogens is 2. The Morgan fingerprint density at radius 1 is 1.29 bits per heavy atom. The number of nitrogens with one attached hydrogen (secondary N) is 1. The van der Waals surface area contributed by atoms with Crippen LogP contribution in [0.15, 0.2) is 18.2 Å². The molecule has 0 amide bonds. The van der Waals surface area contributed by atoms with Crippen LogP contribution in [-0.2, 0) is 6.54 Å². The van der Waals surface area contributed by atoms with Gasteiger partial charge in [-0.25, -0.2) is 0 Å². The molecule has 0 radical (unpaired) electrons. The molecule has 2 heterocycles. The molecule has 1 N–H and O–H groups in total. The first-order valence-electron chi connectivity index (χ1n) is 7.69. The van der Waals surface area contributed by atoms with Crippen LogP contribution in [0.5, 0.6) is 5.75 Å². The number of imidazole rings is 1. The van der Waals surface area contributed by atoms with E-state index in [1.807, 2.05) is 12.1 Å². The van der Waals surface area contributed by atoms with E-state index in [0.717, 1.165) is 28.1 Å². The summed E-state index contributed by atoms with van der Waals surface area (Å²) in [4.78, 5) is 5.87. The molecule has 2 aromatic rings. The molecule has 0 aliphatic carbocycles. The Hall–Kier alpha value is -1.33. The summed E-state index contributed by atoms with van der Waals surface area (Å²) in [7, 11) is 1.69. The number of piperidine rings is 1. The zero-order valence-corrected chi connectivity index (χ0v) is 13.6. The van der Waals surface area contributed by atoms with E-state index in [0.29, 0.717) is 6.04 Å². The Balaban J connectivity index is 1.86. The summed E-state index contributed by atoms with van der Waals surface area (Å²) >= 11 is 5.50. The van der Waals surface area contributed by atoms with Gasteiger partial charge >= 0.3 is 0 Å². The Morgan fingerprint density at radius 2 is 2.05 bits per heavy atom. The van der Waals surface area contributed by atoms with Crippen LogP contribution in [0.3, 0.4) is 0 Å². The molecule has 114 valence electrons. The first-order chi connectivity index (χ1) is 10.2. The van der Waals surface area contributed by atoms with Crippen LogP contribution < -0.4 is 4.74 Å². The highest BCUT2D eigenvalue weighted by atomic mass is 32.1. The van der Waals surface area contributed by atoms with Crippen LogP contribution in [0.1, 0.15) is 26.2 Å². The number of hydrogen-bond acceptors (Lipinski definition) is 3. The van der Waals surface area contributed by atoms with Crippen molar-refractivity contribution in [1.82, 2.24) is 14.5 Å². The average molecular weight is 305 g/mol. The lowest BCUT2D eigenvalue weighted by Crippen LogP contribution is -2.39. The minimum absolute atomic E-state index is 0.512. The molecule has 1 aromatic heterocycles. The predicted molar refractivity (Wildman–Crippen MR) is 88.6 cm³/mol. The van der Waals surface area contributed by atoms with Gasteiger partial charge in [0.25, 0.3) is 0 Å². The van der Waals surface area contributed by atoms with E-state index in [1.54, 1.807) is 7.11 Å². The zero-order valence-electron chi connectivity index (χ0n) is 12.8. The van der Waals surface area contributed by atoms with E-state index in [9.17, 15) is 0 Å². The molecule has 1 aliphatic heterocycles. The molecular formula is C16H23N3OS. The van der Waals surface area contributed by atoms with Crippen molar-refractivity contribution in [2.45, 2.75) is 38.8 Å². The van der Waals surface area contributed by atoms with Crippen molar-refractivity contribution in [2.24, 2.45) is 0 Å². The van der Waals surface area contributed by atoms with Crippen LogP contribution >= 0.6 is 12.2 Å². The Morgan fingerprint density at radius 3 is 2.76 bits per heavy atom. The Bertz CT molecular complexity index is 670. The maximum Gasteiger partial charge on any atom is 0.178 e. The number of aromatic amines is 1. The van der Waals surface area contributed by atoms with Crippen molar-refractivity contribution in [3.05, 3.63) is 23.0 Å². The number of rotatable bonds is 4. The van der Waals surface area contributed by atoms with Crippen molar-refractivity contribution in [3.63, 3.8) is 0 Å². The van der Waals surface area contributed by atoms with Gasteiger partial charge in [0.2, 0.25) is 0 Å². The second-order valence-electron chi connectivity index (χ2n) is 5.87. The molecule has 1 aromatic carbocycles. The lowest BCUT2D eigenvalue weighted by atomic mass is 10.1. The summed E-state index contributed by atoms with van der Waals surface area (Å²) in [5, 5.41) is 0. The minimum atomic E-state index is 0.512. The number of nitrogens with zero attached hydrogens (tertiary/aromatic N) is 2. The van der Waals surface area contributed by atoms with Gasteiger partial charge in [-0.15, -0.1) is 0 Å². The van der Waals surface area contributed by atoms with Gasteiger partial charge in [-0.05, 0) is 57.2 Å². The number of likely N-dealkylation sites (tertiary alicyclic amines) is 1. The van der Waals surface area contributed by atoms with E-state index in [4.69, 9.17) is 17.0 Å². The van der Waals surface area contributed by atoms with Gasteiger partial charge < -0.3 is 14.3 Å². The standard InChI is InChI=1S/C16H23N3OS/c1-12(18-8-4-3-5-9-18)11-19-15-7-6-13(20-2)10-14(15)17-16(19)21/h6-7,10,12H,3-5,8-9,11H2,1-2H3,(H,17,21). The maximum absolute atomic E-state index is 5.50. The summed E-state index contributed by atoms with van der Waals surface area (Å²) in [5.41, 5.74) is 2.20. The maximum atomic E-state index is 5.50. The molecular weight excluding hydrogens is 282 g/mol. The molecule has 4 nitrogen and oxygen atoms in total. The largest absolute Gasteiger partial charge is 0.497 e. The zero-order chi connectivity index (χ0) is 14.8. The van der Waals surface area contributed by atoms with Crippen LogP contribution in [0, 0.1) is 4.77 Å². The first-order valence-corrected chi connectivity index (χ1v) is 8.10. The van der Waals surface area contributed by atoms with Crippen molar-refractivity contribution >= 4 is 23.3 Å². The Labute approximate surface area is 130 Å². The molecule has 0 spiro atoms. The second-order valence-corrected chi connectivity index (χ2v) is 6.26. The van der Waals surface area contributed by atoms with E-state index in [1.165, 1.54) is 32.4 Å². The van der Waals surface area contributed by atoms with Crippen LogP contribution in [0.4, 0.5) is 0 Å². The highest BCUT2D eigenvalue weighted by Crippen LogP contribution is 2.22. The molecule has 0 bridgehead atoms. The van der Waals surface area contributed by atoms with Gasteiger partial charge in [-0.3, -0.25) is 4.90 Å². The third-order valence-electron chi connectivity index (χ3n) is 4.44. The summed E-state index contributed by atoms with van der Waals surface area (Å²) in [6, 6.07) is 6.60. The quantitative estimate of drug-likeness (QED) is 0.877. The van der Waals surface area contributed by atoms with E-state index in [2.05, 4.69) is 27.4 Å². The fourth-order valence-electron chi connectivity index (χ4n) is 3.19. The minimum Gasteiger partial charge on any atom is -0.497 e. The molecule has 1 aliphatic rings. The molecule has 1 fully saturated rings. The molecule has 1 atom stereocenters. The fraction of sp³-hybridized carbons (Fsp3) is 0.562. The van der Waals surface area contributed by atoms with Gasteiger partial charge in [0.05, 0.1) is 18.1 Å². The monoisotopic (exact) mass is 305 g/mol. The SMILES string of the molecule is COc1ccc2c(c1)[nH]c(=S)n2CC(C)N1CCCCC1. The molecule has 21 heavy (non-hydrogen) atoms. The van der Waals surface area contributed by atoms with Crippen LogP contribution in [-0.4, -0.2) is 40.7 Å². The van der Waals surface area contributed by atoms with Crippen molar-refractivity contribution in [1.29, 1.82) is 0 Å². The van der Waals surface area contributed by atoms with E-state index < -0.39 is 0 Å². The Kier molecular flexibility index (Phi) is 4.31. The topological polar surface area (TPSA) is 33.2 Å². The fourth-order valence-corrected chi connectivity index (χ4v) is 3.47. The van der Waals surface area contributed by atoms with E-state index in [-0.39, 0.29) is 0 Å². The average Bonchev–Trinajstić information content (AvgIpc) is 2.83. The molecule has 1 saturated heterocycles. The smallest absolute Gasteiger partial charge is 0.178 e.